The number of nitrogens with zero attached hydrogens (tertiary/aromatic N) is 5. The predicted molar refractivity (Wildman–Crippen MR) is 104 cm³/mol. The number of H-pyrrole nitrogens is 1. The van der Waals surface area contributed by atoms with Gasteiger partial charge >= 0.3 is 0 Å². The first kappa shape index (κ1) is 16.7. The van der Waals surface area contributed by atoms with Crippen LogP contribution in [0.5, 0.6) is 5.75 Å². The van der Waals surface area contributed by atoms with E-state index in [9.17, 15) is 4.79 Å². The molecule has 1 fully saturated rings. The summed E-state index contributed by atoms with van der Waals surface area (Å²) in [5, 5.41) is 4.95. The first-order chi connectivity index (χ1) is 13.8. The summed E-state index contributed by atoms with van der Waals surface area (Å²) in [4.78, 5) is 24.0. The maximum absolute atomic E-state index is 12.5. The third-order valence-corrected chi connectivity index (χ3v) is 5.20. The van der Waals surface area contributed by atoms with Crippen LogP contribution in [-0.4, -0.2) is 29.3 Å². The smallest absolute Gasteiger partial charge is 0.262 e. The summed E-state index contributed by atoms with van der Waals surface area (Å²) in [6, 6.07) is 8.00. The van der Waals surface area contributed by atoms with Gasteiger partial charge in [-0.15, -0.1) is 0 Å². The molecular weight excluding hydrogens is 356 g/mol. The molecule has 28 heavy (non-hydrogen) atoms. The molecule has 5 rings (SSSR count). The Balaban J connectivity index is 1.45. The number of para-hydroxylation sites is 2. The van der Waals surface area contributed by atoms with E-state index in [1.807, 2.05) is 39.7 Å². The second-order valence-corrected chi connectivity index (χ2v) is 7.00. The van der Waals surface area contributed by atoms with Gasteiger partial charge in [-0.25, -0.2) is 14.6 Å². The van der Waals surface area contributed by atoms with Crippen molar-refractivity contribution in [2.75, 3.05) is 0 Å². The number of hydrogen-bond donors (Lipinski definition) is 1. The van der Waals surface area contributed by atoms with Gasteiger partial charge in [-0.1, -0.05) is 25.0 Å². The van der Waals surface area contributed by atoms with Crippen LogP contribution in [0, 0.1) is 0 Å². The number of hydrogen-bond acceptors (Lipinski definition) is 5. The number of aromatic nitrogens is 6. The maximum Gasteiger partial charge on any atom is 0.262 e. The van der Waals surface area contributed by atoms with E-state index in [-0.39, 0.29) is 12.2 Å². The fourth-order valence-corrected chi connectivity index (χ4v) is 3.81. The average molecular weight is 376 g/mol. The van der Waals surface area contributed by atoms with Gasteiger partial charge in [0.2, 0.25) is 0 Å². The molecule has 1 saturated carbocycles. The largest absolute Gasteiger partial charge is 0.483 e. The molecular formula is C20H20N6O2. The Bertz CT molecular complexity index is 1160. The lowest BCUT2D eigenvalue weighted by Gasteiger charge is -2.13. The number of rotatable bonds is 5. The molecule has 8 heteroatoms. The molecule has 1 aliphatic rings. The summed E-state index contributed by atoms with van der Waals surface area (Å²) in [7, 11) is 0. The third kappa shape index (κ3) is 2.96. The number of ether oxygens (including phenoxy) is 1. The van der Waals surface area contributed by atoms with Gasteiger partial charge in [0.05, 0.1) is 24.3 Å². The minimum absolute atomic E-state index is 0.159. The lowest BCUT2D eigenvalue weighted by Crippen LogP contribution is -2.15. The molecule has 0 amide bonds. The van der Waals surface area contributed by atoms with E-state index >= 15 is 0 Å². The van der Waals surface area contributed by atoms with Crippen LogP contribution in [-0.2, 0) is 6.61 Å². The second kappa shape index (κ2) is 6.95. The minimum atomic E-state index is -0.184. The van der Waals surface area contributed by atoms with Crippen molar-refractivity contribution in [3.8, 4) is 11.4 Å². The molecule has 4 aromatic rings. The highest BCUT2D eigenvalue weighted by Gasteiger charge is 2.21. The molecule has 8 nitrogen and oxygen atoms in total. The van der Waals surface area contributed by atoms with Crippen LogP contribution in [0.4, 0.5) is 0 Å². The van der Waals surface area contributed by atoms with Crippen LogP contribution in [0.15, 0.2) is 54.0 Å². The molecule has 142 valence electrons. The monoisotopic (exact) mass is 376 g/mol. The predicted octanol–water partition coefficient (Wildman–Crippen LogP) is 3.00. The van der Waals surface area contributed by atoms with Crippen molar-refractivity contribution in [2.24, 2.45) is 0 Å². The molecule has 0 saturated heterocycles. The Hall–Kier alpha value is -3.42. The molecule has 3 aromatic heterocycles. The van der Waals surface area contributed by atoms with Crippen LogP contribution < -0.4 is 10.3 Å². The van der Waals surface area contributed by atoms with Gasteiger partial charge in [0.15, 0.2) is 5.65 Å². The highest BCUT2D eigenvalue weighted by Crippen LogP contribution is 2.30. The van der Waals surface area contributed by atoms with E-state index in [1.54, 1.807) is 18.7 Å². The van der Waals surface area contributed by atoms with E-state index in [4.69, 9.17) is 4.74 Å². The van der Waals surface area contributed by atoms with E-state index < -0.39 is 0 Å². The minimum Gasteiger partial charge on any atom is -0.483 e. The molecule has 0 aliphatic heterocycles. The maximum atomic E-state index is 12.5. The zero-order chi connectivity index (χ0) is 18.9. The van der Waals surface area contributed by atoms with Gasteiger partial charge in [0.1, 0.15) is 23.6 Å². The highest BCUT2D eigenvalue weighted by molar-refractivity contribution is 5.73. The molecule has 1 aromatic carbocycles. The summed E-state index contributed by atoms with van der Waals surface area (Å²) in [6.45, 7) is 0.159. The number of aromatic amines is 1. The van der Waals surface area contributed by atoms with Gasteiger partial charge in [0, 0.05) is 12.4 Å². The summed E-state index contributed by atoms with van der Waals surface area (Å²) in [5.41, 5.74) is 1.33. The Morgan fingerprint density at radius 3 is 2.89 bits per heavy atom. The van der Waals surface area contributed by atoms with Crippen LogP contribution in [0.3, 0.4) is 0 Å². The number of imidazole rings is 1. The molecule has 1 N–H and O–H groups in total. The Morgan fingerprint density at radius 2 is 2.07 bits per heavy atom. The van der Waals surface area contributed by atoms with Crippen LogP contribution in [0.25, 0.3) is 16.7 Å². The summed E-state index contributed by atoms with van der Waals surface area (Å²) < 4.78 is 9.76. The Kier molecular flexibility index (Phi) is 4.16. The van der Waals surface area contributed by atoms with Crippen LogP contribution >= 0.6 is 0 Å². The SMILES string of the molecule is O=c1[nH]c(COc2ccccc2-n2ccnc2)nc2c1cnn2C1CCCC1. The second-order valence-electron chi connectivity index (χ2n) is 7.00. The van der Waals surface area contributed by atoms with Crippen molar-refractivity contribution in [2.45, 2.75) is 38.3 Å². The van der Waals surface area contributed by atoms with Crippen LogP contribution in [0.1, 0.15) is 37.5 Å². The zero-order valence-electron chi connectivity index (χ0n) is 15.3. The standard InChI is InChI=1S/C20H20N6O2/c27-20-15-11-22-26(14-5-1-2-6-14)19(15)23-18(24-20)12-28-17-8-4-3-7-16(17)25-10-9-21-13-25/h3-4,7-11,13-14H,1-2,5-6,12H2,(H,23,24,27). The molecule has 3 heterocycles. The normalized spacial score (nSPS) is 14.7. The van der Waals surface area contributed by atoms with E-state index in [0.29, 0.717) is 28.6 Å². The molecule has 1 aliphatic carbocycles. The molecule has 0 spiro atoms. The molecule has 0 atom stereocenters. The number of nitrogens with one attached hydrogen (secondary N) is 1. The summed E-state index contributed by atoms with van der Waals surface area (Å²) >= 11 is 0. The van der Waals surface area contributed by atoms with Crippen molar-refractivity contribution in [1.82, 2.24) is 29.3 Å². The third-order valence-electron chi connectivity index (χ3n) is 5.20. The van der Waals surface area contributed by atoms with Gasteiger partial charge in [-0.2, -0.15) is 5.10 Å². The highest BCUT2D eigenvalue weighted by atomic mass is 16.5. The first-order valence-electron chi connectivity index (χ1n) is 9.46. The number of fused-ring (bicyclic) bond motifs is 1. The summed E-state index contributed by atoms with van der Waals surface area (Å²) in [5.74, 6) is 1.17. The topological polar surface area (TPSA) is 90.6 Å². The number of benzene rings is 1. The quantitative estimate of drug-likeness (QED) is 0.578. The Labute approximate surface area is 160 Å². The molecule has 0 unspecified atom stereocenters. The molecule has 0 bridgehead atoms. The van der Waals surface area contributed by atoms with E-state index in [2.05, 4.69) is 20.1 Å². The average Bonchev–Trinajstić information content (AvgIpc) is 3.47. The zero-order valence-corrected chi connectivity index (χ0v) is 15.3. The fraction of sp³-hybridized carbons (Fsp3) is 0.300. The lowest BCUT2D eigenvalue weighted by atomic mass is 10.2. The van der Waals surface area contributed by atoms with Gasteiger partial charge in [0.25, 0.3) is 5.56 Å². The van der Waals surface area contributed by atoms with Gasteiger partial charge < -0.3 is 14.3 Å². The lowest BCUT2D eigenvalue weighted by molar-refractivity contribution is 0.295. The molecule has 0 radical (unpaired) electrons. The van der Waals surface area contributed by atoms with E-state index in [0.717, 1.165) is 18.5 Å². The van der Waals surface area contributed by atoms with Crippen molar-refractivity contribution in [3.05, 3.63) is 65.4 Å². The van der Waals surface area contributed by atoms with Crippen molar-refractivity contribution >= 4 is 11.0 Å². The van der Waals surface area contributed by atoms with Crippen molar-refractivity contribution in [1.29, 1.82) is 0 Å². The first-order valence-corrected chi connectivity index (χ1v) is 9.46. The van der Waals surface area contributed by atoms with Crippen LogP contribution in [0.2, 0.25) is 0 Å². The van der Waals surface area contributed by atoms with Gasteiger partial charge in [-0.3, -0.25) is 4.79 Å². The fourth-order valence-electron chi connectivity index (χ4n) is 3.81. The van der Waals surface area contributed by atoms with Crippen molar-refractivity contribution < 1.29 is 4.74 Å². The summed E-state index contributed by atoms with van der Waals surface area (Å²) in [6.07, 6.45) is 11.4. The van der Waals surface area contributed by atoms with Crippen molar-refractivity contribution in [3.63, 3.8) is 0 Å². The van der Waals surface area contributed by atoms with Gasteiger partial charge in [-0.05, 0) is 25.0 Å². The Morgan fingerprint density at radius 1 is 1.21 bits per heavy atom. The van der Waals surface area contributed by atoms with E-state index in [1.165, 1.54) is 12.8 Å².